The van der Waals surface area contributed by atoms with E-state index in [2.05, 4.69) is 5.32 Å². The molecule has 0 spiro atoms. The third kappa shape index (κ3) is 6.50. The zero-order chi connectivity index (χ0) is 29.6. The van der Waals surface area contributed by atoms with Crippen molar-refractivity contribution in [3.63, 3.8) is 0 Å². The molecule has 214 valence electrons. The van der Waals surface area contributed by atoms with Gasteiger partial charge in [-0.25, -0.2) is 4.79 Å². The lowest BCUT2D eigenvalue weighted by molar-refractivity contribution is -0.127. The number of nitrogens with one attached hydrogen (secondary N) is 1. The number of imide groups is 1. The normalized spacial score (nSPS) is 14.0. The average Bonchev–Trinajstić information content (AvgIpc) is 3.46. The zero-order valence-corrected chi connectivity index (χ0v) is 24.1. The van der Waals surface area contributed by atoms with Crippen molar-refractivity contribution in [3.8, 4) is 5.75 Å². The number of thioether (sulfide) groups is 1. The van der Waals surface area contributed by atoms with Gasteiger partial charge in [-0.05, 0) is 61.2 Å². The summed E-state index contributed by atoms with van der Waals surface area (Å²) < 4.78 is 12.9. The Bertz CT molecular complexity index is 1700. The molecule has 0 atom stereocenters. The average molecular weight is 604 g/mol. The number of esters is 1. The fourth-order valence-corrected chi connectivity index (χ4v) is 5.47. The summed E-state index contributed by atoms with van der Waals surface area (Å²) in [6.07, 6.45) is 3.59. The monoisotopic (exact) mass is 603 g/mol. The van der Waals surface area contributed by atoms with E-state index in [9.17, 15) is 19.2 Å². The minimum atomic E-state index is -0.625. The van der Waals surface area contributed by atoms with Crippen molar-refractivity contribution >= 4 is 69.1 Å². The first-order chi connectivity index (χ1) is 20.3. The van der Waals surface area contributed by atoms with Crippen LogP contribution in [0.4, 0.5) is 10.5 Å². The lowest BCUT2D eigenvalue weighted by Crippen LogP contribution is -2.36. The molecule has 0 aliphatic carbocycles. The number of benzene rings is 3. The van der Waals surface area contributed by atoms with Gasteiger partial charge in [0.1, 0.15) is 18.9 Å². The second-order valence-corrected chi connectivity index (χ2v) is 10.6. The Morgan fingerprint density at radius 3 is 2.57 bits per heavy atom. The Kier molecular flexibility index (Phi) is 8.94. The van der Waals surface area contributed by atoms with Crippen molar-refractivity contribution in [1.29, 1.82) is 0 Å². The minimum Gasteiger partial charge on any atom is -0.492 e. The number of carbonyl (C=O) groups excluding carboxylic acids is 4. The van der Waals surface area contributed by atoms with E-state index < -0.39 is 29.6 Å². The van der Waals surface area contributed by atoms with E-state index in [0.717, 1.165) is 38.9 Å². The molecule has 1 fully saturated rings. The Morgan fingerprint density at radius 2 is 1.79 bits per heavy atom. The molecule has 0 bridgehead atoms. The highest BCUT2D eigenvalue weighted by atomic mass is 35.5. The lowest BCUT2D eigenvalue weighted by Gasteiger charge is -2.13. The van der Waals surface area contributed by atoms with Gasteiger partial charge in [0.2, 0.25) is 5.91 Å². The van der Waals surface area contributed by atoms with Crippen LogP contribution in [0.5, 0.6) is 5.75 Å². The summed E-state index contributed by atoms with van der Waals surface area (Å²) in [5.41, 5.74) is 2.10. The number of anilines is 1. The lowest BCUT2D eigenvalue weighted by atomic mass is 10.1. The predicted octanol–water partition coefficient (Wildman–Crippen LogP) is 6.23. The van der Waals surface area contributed by atoms with E-state index >= 15 is 0 Å². The first kappa shape index (κ1) is 29.0. The fraction of sp³-hybridized carbons (Fsp3) is 0.161. The maximum Gasteiger partial charge on any atom is 0.339 e. The molecule has 3 amide bonds. The van der Waals surface area contributed by atoms with Crippen LogP contribution in [0.2, 0.25) is 5.02 Å². The first-order valence-electron chi connectivity index (χ1n) is 13.1. The summed E-state index contributed by atoms with van der Waals surface area (Å²) in [4.78, 5) is 51.9. The van der Waals surface area contributed by atoms with Gasteiger partial charge in [-0.2, -0.15) is 0 Å². The smallest absolute Gasteiger partial charge is 0.339 e. The molecule has 0 radical (unpaired) electrons. The number of amides is 3. The number of carbonyl (C=O) groups is 4. The molecule has 3 aromatic carbocycles. The molecule has 11 heteroatoms. The molecule has 42 heavy (non-hydrogen) atoms. The van der Waals surface area contributed by atoms with Crippen LogP contribution in [0.25, 0.3) is 17.0 Å². The summed E-state index contributed by atoms with van der Waals surface area (Å²) in [6, 6.07) is 21.7. The maximum absolute atomic E-state index is 13.2. The minimum absolute atomic E-state index is 0.0937. The molecule has 1 aromatic heterocycles. The van der Waals surface area contributed by atoms with Gasteiger partial charge in [-0.1, -0.05) is 48.0 Å². The predicted molar refractivity (Wildman–Crippen MR) is 163 cm³/mol. The summed E-state index contributed by atoms with van der Waals surface area (Å²) >= 11 is 6.86. The SMILES string of the molecule is CCOC(=O)c1cc(NC(=O)CN2C(=O)S/C(=C\c3cn(CCOc4ccccc4)c4ccccc34)C2=O)ccc1Cl. The van der Waals surface area contributed by atoms with Gasteiger partial charge in [0.25, 0.3) is 11.1 Å². The Labute approximate surface area is 251 Å². The Hall–Kier alpha value is -4.54. The van der Waals surface area contributed by atoms with Crippen LogP contribution >= 0.6 is 23.4 Å². The molecule has 1 aliphatic heterocycles. The number of para-hydroxylation sites is 2. The molecular formula is C31H26ClN3O6S. The summed E-state index contributed by atoms with van der Waals surface area (Å²) in [6.45, 7) is 2.37. The molecule has 0 saturated carbocycles. The molecule has 1 aliphatic rings. The summed E-state index contributed by atoms with van der Waals surface area (Å²) in [5.74, 6) is -1.01. The number of nitrogens with zero attached hydrogens (tertiary/aromatic N) is 2. The zero-order valence-electron chi connectivity index (χ0n) is 22.5. The van der Waals surface area contributed by atoms with Crippen molar-refractivity contribution in [2.75, 3.05) is 25.1 Å². The van der Waals surface area contributed by atoms with Gasteiger partial charge in [-0.3, -0.25) is 19.3 Å². The Morgan fingerprint density at radius 1 is 1.02 bits per heavy atom. The topological polar surface area (TPSA) is 107 Å². The summed E-state index contributed by atoms with van der Waals surface area (Å²) in [7, 11) is 0. The molecule has 0 unspecified atom stereocenters. The second kappa shape index (κ2) is 13.0. The van der Waals surface area contributed by atoms with E-state index in [4.69, 9.17) is 21.1 Å². The highest BCUT2D eigenvalue weighted by Gasteiger charge is 2.36. The number of aromatic nitrogens is 1. The van der Waals surface area contributed by atoms with Crippen LogP contribution in [0, 0.1) is 0 Å². The van der Waals surface area contributed by atoms with Crippen molar-refractivity contribution in [1.82, 2.24) is 9.47 Å². The molecule has 1 N–H and O–H groups in total. The molecule has 1 saturated heterocycles. The first-order valence-corrected chi connectivity index (χ1v) is 14.3. The van der Waals surface area contributed by atoms with Gasteiger partial charge in [-0.15, -0.1) is 0 Å². The van der Waals surface area contributed by atoms with E-state index in [0.29, 0.717) is 13.2 Å². The van der Waals surface area contributed by atoms with Gasteiger partial charge in [0, 0.05) is 28.4 Å². The van der Waals surface area contributed by atoms with Crippen LogP contribution < -0.4 is 10.1 Å². The largest absolute Gasteiger partial charge is 0.492 e. The van der Waals surface area contributed by atoms with Crippen LogP contribution in [-0.4, -0.2) is 52.2 Å². The quantitative estimate of drug-likeness (QED) is 0.169. The third-order valence-corrected chi connectivity index (χ3v) is 7.61. The van der Waals surface area contributed by atoms with Crippen molar-refractivity contribution in [3.05, 3.63) is 100 Å². The Balaban J connectivity index is 1.28. The number of hydrogen-bond donors (Lipinski definition) is 1. The van der Waals surface area contributed by atoms with E-state index in [-0.39, 0.29) is 27.8 Å². The van der Waals surface area contributed by atoms with Gasteiger partial charge in [0.15, 0.2) is 0 Å². The highest BCUT2D eigenvalue weighted by Crippen LogP contribution is 2.34. The number of hydrogen-bond acceptors (Lipinski definition) is 7. The molecule has 4 aromatic rings. The van der Waals surface area contributed by atoms with Crippen LogP contribution in [0.1, 0.15) is 22.8 Å². The number of fused-ring (bicyclic) bond motifs is 1. The van der Waals surface area contributed by atoms with Gasteiger partial charge >= 0.3 is 5.97 Å². The van der Waals surface area contributed by atoms with Gasteiger partial charge in [0.05, 0.1) is 28.6 Å². The molecule has 2 heterocycles. The van der Waals surface area contributed by atoms with Crippen LogP contribution in [-0.2, 0) is 20.9 Å². The second-order valence-electron chi connectivity index (χ2n) is 9.19. The van der Waals surface area contributed by atoms with Gasteiger partial charge < -0.3 is 19.4 Å². The fourth-order valence-electron chi connectivity index (χ4n) is 4.44. The molecule has 5 rings (SSSR count). The van der Waals surface area contributed by atoms with E-state index in [1.54, 1.807) is 13.0 Å². The molecular weight excluding hydrogens is 578 g/mol. The third-order valence-electron chi connectivity index (χ3n) is 6.37. The van der Waals surface area contributed by atoms with Crippen LogP contribution in [0.15, 0.2) is 83.9 Å². The number of ether oxygens (including phenoxy) is 2. The highest BCUT2D eigenvalue weighted by molar-refractivity contribution is 8.18. The standard InChI is InChI=1S/C31H26ClN3O6S/c1-2-40-30(38)24-17-21(12-13-25(24)32)33-28(36)19-35-29(37)27(42-31(35)39)16-20-18-34(26-11-7-6-10-23(20)26)14-15-41-22-8-4-3-5-9-22/h3-13,16-18H,2,14-15,19H2,1H3,(H,33,36)/b27-16-. The maximum atomic E-state index is 13.2. The van der Waals surface area contributed by atoms with E-state index in [1.165, 1.54) is 18.2 Å². The number of rotatable bonds is 10. The molecule has 9 nitrogen and oxygen atoms in total. The van der Waals surface area contributed by atoms with E-state index in [1.807, 2.05) is 65.4 Å². The van der Waals surface area contributed by atoms with Crippen molar-refractivity contribution in [2.45, 2.75) is 13.5 Å². The van der Waals surface area contributed by atoms with Crippen molar-refractivity contribution in [2.24, 2.45) is 0 Å². The van der Waals surface area contributed by atoms with Crippen molar-refractivity contribution < 1.29 is 28.7 Å². The number of halogens is 1. The summed E-state index contributed by atoms with van der Waals surface area (Å²) in [5, 5.41) is 3.14. The van der Waals surface area contributed by atoms with Crippen LogP contribution in [0.3, 0.4) is 0 Å².